The Morgan fingerprint density at radius 3 is 2.56 bits per heavy atom. The van der Waals surface area contributed by atoms with E-state index in [0.717, 1.165) is 12.1 Å². The first-order valence-electron chi connectivity index (χ1n) is 6.10. The second-order valence-electron chi connectivity index (χ2n) is 4.65. The van der Waals surface area contributed by atoms with Crippen LogP contribution in [0.5, 0.6) is 0 Å². The maximum Gasteiger partial charge on any atom is 0.325 e. The van der Waals surface area contributed by atoms with Crippen molar-refractivity contribution in [3.8, 4) is 0 Å². The monoisotopic (exact) mass is 249 g/mol. The van der Waals surface area contributed by atoms with Crippen molar-refractivity contribution in [3.63, 3.8) is 0 Å². The molecule has 18 heavy (non-hydrogen) atoms. The summed E-state index contributed by atoms with van der Waals surface area (Å²) in [5, 5.41) is 4.05. The van der Waals surface area contributed by atoms with E-state index < -0.39 is 5.50 Å². The minimum Gasteiger partial charge on any atom is -0.437 e. The second kappa shape index (κ2) is 8.75. The van der Waals surface area contributed by atoms with Gasteiger partial charge in [0, 0.05) is 13.5 Å². The number of rotatable bonds is 8. The van der Waals surface area contributed by atoms with E-state index in [-0.39, 0.29) is 0 Å². The summed E-state index contributed by atoms with van der Waals surface area (Å²) in [6.45, 7) is 11.5. The van der Waals surface area contributed by atoms with E-state index in [0.29, 0.717) is 7.48 Å². The summed E-state index contributed by atoms with van der Waals surface area (Å²) in [6.07, 6.45) is 8.48. The van der Waals surface area contributed by atoms with Crippen LogP contribution in [0.25, 0.3) is 0 Å². The fourth-order valence-corrected chi connectivity index (χ4v) is 1.50. The van der Waals surface area contributed by atoms with Crippen molar-refractivity contribution in [2.24, 2.45) is 5.16 Å². The molecule has 0 saturated heterocycles. The molecule has 0 aliphatic carbocycles. The van der Waals surface area contributed by atoms with Crippen molar-refractivity contribution in [2.75, 3.05) is 7.11 Å². The van der Waals surface area contributed by atoms with E-state index in [1.54, 1.807) is 13.2 Å². The smallest absolute Gasteiger partial charge is 0.325 e. The number of hydrogen-bond donors (Lipinski definition) is 0. The Balaban J connectivity index is 4.82. The maximum atomic E-state index is 5.61. The van der Waals surface area contributed by atoms with E-state index >= 15 is 0 Å². The highest BCUT2D eigenvalue weighted by Crippen LogP contribution is 2.21. The predicted octanol–water partition coefficient (Wildman–Crippen LogP) is 3.19. The van der Waals surface area contributed by atoms with E-state index in [4.69, 9.17) is 9.49 Å². The summed E-state index contributed by atoms with van der Waals surface area (Å²) < 4.78 is 5.22. The van der Waals surface area contributed by atoms with E-state index in [9.17, 15) is 0 Å². The quantitative estimate of drug-likeness (QED) is 0.286. The Morgan fingerprint density at radius 2 is 2.11 bits per heavy atom. The van der Waals surface area contributed by atoms with E-state index in [1.165, 1.54) is 5.57 Å². The standard InChI is InChI=1S/C14H24BNO2/c1-7-9-10-13(8-2)11-14(5,15-17-6)18-16-12(3)4/h7-10,15H,1,11H2,2-6H3/b10-9-,13-8+. The molecule has 0 aromatic heterocycles. The van der Waals surface area contributed by atoms with E-state index in [1.807, 2.05) is 39.8 Å². The van der Waals surface area contributed by atoms with Crippen LogP contribution < -0.4 is 0 Å². The first kappa shape index (κ1) is 16.7. The molecule has 1 unspecified atom stereocenters. The first-order valence-corrected chi connectivity index (χ1v) is 6.10. The van der Waals surface area contributed by atoms with Gasteiger partial charge in [0.1, 0.15) is 5.50 Å². The number of hydrogen-bond acceptors (Lipinski definition) is 3. The summed E-state index contributed by atoms with van der Waals surface area (Å²) in [4.78, 5) is 5.61. The zero-order valence-corrected chi connectivity index (χ0v) is 12.2. The molecular formula is C14H24BNO2. The molecule has 0 aromatic carbocycles. The van der Waals surface area contributed by atoms with Crippen molar-refractivity contribution in [2.45, 2.75) is 39.6 Å². The highest BCUT2D eigenvalue weighted by atomic mass is 16.7. The minimum absolute atomic E-state index is 0.459. The minimum atomic E-state index is -0.459. The predicted molar refractivity (Wildman–Crippen MR) is 80.1 cm³/mol. The van der Waals surface area contributed by atoms with Gasteiger partial charge in [-0.3, -0.25) is 0 Å². The van der Waals surface area contributed by atoms with Crippen molar-refractivity contribution in [1.82, 2.24) is 0 Å². The molecule has 3 nitrogen and oxygen atoms in total. The van der Waals surface area contributed by atoms with Crippen molar-refractivity contribution in [1.29, 1.82) is 0 Å². The molecule has 4 heteroatoms. The highest BCUT2D eigenvalue weighted by Gasteiger charge is 2.29. The lowest BCUT2D eigenvalue weighted by Crippen LogP contribution is -2.36. The average Bonchev–Trinajstić information content (AvgIpc) is 2.32. The Hall–Kier alpha value is -1.29. The van der Waals surface area contributed by atoms with Gasteiger partial charge in [-0.15, -0.1) is 0 Å². The van der Waals surface area contributed by atoms with Crippen LogP contribution in [0.15, 0.2) is 41.6 Å². The Bertz CT molecular complexity index is 344. The number of oxime groups is 1. The molecule has 0 heterocycles. The lowest BCUT2D eigenvalue weighted by atomic mass is 9.72. The van der Waals surface area contributed by atoms with Gasteiger partial charge in [0.15, 0.2) is 0 Å². The van der Waals surface area contributed by atoms with Crippen LogP contribution >= 0.6 is 0 Å². The summed E-state index contributed by atoms with van der Waals surface area (Å²) in [5.74, 6) is 0. The van der Waals surface area contributed by atoms with Crippen molar-refractivity contribution >= 4 is 13.2 Å². The summed E-state index contributed by atoms with van der Waals surface area (Å²) in [5.41, 5.74) is 1.60. The fourth-order valence-electron chi connectivity index (χ4n) is 1.50. The molecule has 0 bridgehead atoms. The molecule has 0 aliphatic rings. The lowest BCUT2D eigenvalue weighted by Gasteiger charge is -2.26. The third-order valence-electron chi connectivity index (χ3n) is 2.29. The van der Waals surface area contributed by atoms with Gasteiger partial charge in [-0.05, 0) is 33.3 Å². The second-order valence-corrected chi connectivity index (χ2v) is 4.65. The number of nitrogens with zero attached hydrogens (tertiary/aromatic N) is 1. The zero-order chi connectivity index (χ0) is 14.0. The van der Waals surface area contributed by atoms with Gasteiger partial charge in [-0.2, -0.15) is 0 Å². The van der Waals surface area contributed by atoms with Gasteiger partial charge in [-0.1, -0.05) is 36.0 Å². The van der Waals surface area contributed by atoms with Crippen molar-refractivity contribution in [3.05, 3.63) is 36.5 Å². The summed E-state index contributed by atoms with van der Waals surface area (Å²) in [7, 11) is 2.15. The highest BCUT2D eigenvalue weighted by molar-refractivity contribution is 6.31. The molecule has 0 aliphatic heterocycles. The molecule has 0 fully saturated rings. The van der Waals surface area contributed by atoms with Crippen LogP contribution in [0, 0.1) is 0 Å². The molecule has 1 atom stereocenters. The SMILES string of the molecule is C=C/C=C\C(=C/C)CC(C)(BOC)ON=C(C)C. The van der Waals surface area contributed by atoms with Crippen LogP contribution in [0.2, 0.25) is 0 Å². The maximum absolute atomic E-state index is 5.61. The molecule has 0 spiro atoms. The largest absolute Gasteiger partial charge is 0.437 e. The zero-order valence-electron chi connectivity index (χ0n) is 12.2. The van der Waals surface area contributed by atoms with Crippen LogP contribution in [-0.4, -0.2) is 25.8 Å². The molecular weight excluding hydrogens is 225 g/mol. The van der Waals surface area contributed by atoms with Gasteiger partial charge >= 0.3 is 7.48 Å². The lowest BCUT2D eigenvalue weighted by molar-refractivity contribution is 0.0250. The molecule has 0 radical (unpaired) electrons. The molecule has 0 saturated carbocycles. The normalized spacial score (nSPS) is 15.1. The van der Waals surface area contributed by atoms with E-state index in [2.05, 4.69) is 17.8 Å². The molecule has 0 amide bonds. The van der Waals surface area contributed by atoms with Gasteiger partial charge < -0.3 is 9.49 Å². The van der Waals surface area contributed by atoms with Crippen molar-refractivity contribution < 1.29 is 9.49 Å². The molecule has 100 valence electrons. The van der Waals surface area contributed by atoms with Crippen LogP contribution in [0.3, 0.4) is 0 Å². The molecule has 0 N–H and O–H groups in total. The van der Waals surface area contributed by atoms with Gasteiger partial charge in [0.25, 0.3) is 0 Å². The first-order chi connectivity index (χ1) is 8.47. The van der Waals surface area contributed by atoms with Gasteiger partial charge in [0.05, 0.1) is 5.71 Å². The average molecular weight is 249 g/mol. The third-order valence-corrected chi connectivity index (χ3v) is 2.29. The summed E-state index contributed by atoms with van der Waals surface area (Å²) >= 11 is 0. The number of allylic oxidation sites excluding steroid dienone is 4. The summed E-state index contributed by atoms with van der Waals surface area (Å²) in [6, 6.07) is 0. The topological polar surface area (TPSA) is 30.8 Å². The van der Waals surface area contributed by atoms with Crippen LogP contribution in [0.1, 0.15) is 34.1 Å². The van der Waals surface area contributed by atoms with Gasteiger partial charge in [0.2, 0.25) is 0 Å². The Kier molecular flexibility index (Phi) is 8.13. The molecule has 0 aromatic rings. The fraction of sp³-hybridized carbons (Fsp3) is 0.500. The molecule has 0 rings (SSSR count). The third kappa shape index (κ3) is 7.12. The Morgan fingerprint density at radius 1 is 1.44 bits per heavy atom. The van der Waals surface area contributed by atoms with Crippen LogP contribution in [-0.2, 0) is 9.49 Å². The van der Waals surface area contributed by atoms with Gasteiger partial charge in [-0.25, -0.2) is 0 Å². The van der Waals surface area contributed by atoms with Crippen LogP contribution in [0.4, 0.5) is 0 Å². The Labute approximate surface area is 112 Å².